The third-order valence-electron chi connectivity index (χ3n) is 5.71. The molecule has 1 aliphatic heterocycles. The van der Waals surface area contributed by atoms with Crippen molar-refractivity contribution < 1.29 is 9.50 Å². The maximum absolute atomic E-state index is 14.6. The number of hydrogen-bond donors (Lipinski definition) is 2. The van der Waals surface area contributed by atoms with Crippen molar-refractivity contribution in [1.29, 1.82) is 0 Å². The Labute approximate surface area is 167 Å². The molecule has 1 aliphatic rings. The monoisotopic (exact) mass is 391 g/mol. The van der Waals surface area contributed by atoms with Gasteiger partial charge < -0.3 is 10.4 Å². The van der Waals surface area contributed by atoms with Crippen LogP contribution in [0.2, 0.25) is 0 Å². The van der Waals surface area contributed by atoms with Crippen LogP contribution in [0.15, 0.2) is 36.5 Å². The molecule has 0 amide bonds. The molecule has 0 saturated carbocycles. The number of phenolic OH excluding ortho intramolecular Hbond substituents is 1. The van der Waals surface area contributed by atoms with Crippen molar-refractivity contribution in [2.75, 3.05) is 6.54 Å². The molecule has 6 nitrogen and oxygen atoms in total. The maximum atomic E-state index is 14.6. The fraction of sp³-hybridized carbons (Fsp3) is 0.318. The minimum atomic E-state index is -0.728. The maximum Gasteiger partial charge on any atom is 0.193 e. The lowest BCUT2D eigenvalue weighted by atomic mass is 9.90. The summed E-state index contributed by atoms with van der Waals surface area (Å²) in [6, 6.07) is 9.87. The largest absolute Gasteiger partial charge is 0.504 e. The van der Waals surface area contributed by atoms with E-state index in [2.05, 4.69) is 22.3 Å². The first-order valence-electron chi connectivity index (χ1n) is 9.86. The molecule has 148 valence electrons. The number of aromatic nitrogens is 4. The van der Waals surface area contributed by atoms with E-state index in [0.717, 1.165) is 36.1 Å². The molecule has 4 aromatic rings. The number of phenols is 1. The molecule has 4 heterocycles. The first kappa shape index (κ1) is 18.0. The molecule has 2 N–H and O–H groups in total. The zero-order chi connectivity index (χ0) is 20.1. The van der Waals surface area contributed by atoms with Gasteiger partial charge in [0.15, 0.2) is 11.6 Å². The smallest absolute Gasteiger partial charge is 0.193 e. The number of hydrogen-bond acceptors (Lipinski definition) is 5. The van der Waals surface area contributed by atoms with Gasteiger partial charge >= 0.3 is 0 Å². The highest BCUT2D eigenvalue weighted by atomic mass is 19.1. The van der Waals surface area contributed by atoms with Gasteiger partial charge in [-0.05, 0) is 56.6 Å². The van der Waals surface area contributed by atoms with Crippen LogP contribution in [0.5, 0.6) is 5.75 Å². The lowest BCUT2D eigenvalue weighted by Crippen LogP contribution is -2.35. The molecule has 29 heavy (non-hydrogen) atoms. The highest BCUT2D eigenvalue weighted by Crippen LogP contribution is 2.36. The molecule has 0 radical (unpaired) electrons. The normalized spacial score (nSPS) is 19.8. The van der Waals surface area contributed by atoms with Gasteiger partial charge in [-0.25, -0.2) is 9.37 Å². The minimum absolute atomic E-state index is 0.150. The van der Waals surface area contributed by atoms with Crippen LogP contribution >= 0.6 is 0 Å². The number of halogens is 1. The van der Waals surface area contributed by atoms with Crippen molar-refractivity contribution >= 4 is 21.9 Å². The molecule has 3 aromatic heterocycles. The van der Waals surface area contributed by atoms with Crippen LogP contribution in [-0.4, -0.2) is 37.4 Å². The summed E-state index contributed by atoms with van der Waals surface area (Å²) >= 11 is 0. The first-order valence-corrected chi connectivity index (χ1v) is 9.86. The van der Waals surface area contributed by atoms with Gasteiger partial charge in [0.25, 0.3) is 0 Å². The van der Waals surface area contributed by atoms with Gasteiger partial charge in [0.1, 0.15) is 5.52 Å². The highest BCUT2D eigenvalue weighted by Gasteiger charge is 2.22. The Morgan fingerprint density at radius 2 is 1.97 bits per heavy atom. The van der Waals surface area contributed by atoms with Gasteiger partial charge in [0, 0.05) is 41.8 Å². The third-order valence-corrected chi connectivity index (χ3v) is 5.71. The van der Waals surface area contributed by atoms with Crippen molar-refractivity contribution in [1.82, 2.24) is 25.1 Å². The second-order valence-corrected chi connectivity index (χ2v) is 7.87. The van der Waals surface area contributed by atoms with Crippen molar-refractivity contribution in [3.05, 3.63) is 48.0 Å². The lowest BCUT2D eigenvalue weighted by Gasteiger charge is -2.27. The molecule has 2 atom stereocenters. The van der Waals surface area contributed by atoms with Gasteiger partial charge in [0.2, 0.25) is 0 Å². The van der Waals surface area contributed by atoms with Crippen LogP contribution < -0.4 is 5.32 Å². The molecule has 7 heteroatoms. The van der Waals surface area contributed by atoms with Crippen LogP contribution in [0.4, 0.5) is 4.39 Å². The van der Waals surface area contributed by atoms with E-state index in [1.165, 1.54) is 4.68 Å². The van der Waals surface area contributed by atoms with Crippen molar-refractivity contribution in [2.45, 2.75) is 31.7 Å². The second kappa shape index (κ2) is 6.77. The zero-order valence-corrected chi connectivity index (χ0v) is 16.4. The van der Waals surface area contributed by atoms with Crippen LogP contribution in [0.3, 0.4) is 0 Å². The van der Waals surface area contributed by atoms with E-state index in [1.807, 2.05) is 18.2 Å². The Kier molecular flexibility index (Phi) is 4.20. The SMILES string of the molecule is C[C@H]1C[C@H](c2ccc3nc(-c4cc5cn(C)nc5c(F)c4O)ccc3n2)CCN1. The summed E-state index contributed by atoms with van der Waals surface area (Å²) in [6.45, 7) is 3.20. The van der Waals surface area contributed by atoms with Gasteiger partial charge in [-0.1, -0.05) is 0 Å². The number of fused-ring (bicyclic) bond motifs is 2. The quantitative estimate of drug-likeness (QED) is 0.542. The Hall–Kier alpha value is -3.06. The zero-order valence-electron chi connectivity index (χ0n) is 16.4. The van der Waals surface area contributed by atoms with E-state index < -0.39 is 11.6 Å². The first-order chi connectivity index (χ1) is 14.0. The van der Waals surface area contributed by atoms with Crippen LogP contribution in [0, 0.1) is 5.82 Å². The number of aromatic hydroxyl groups is 1. The Morgan fingerprint density at radius 3 is 2.79 bits per heavy atom. The highest BCUT2D eigenvalue weighted by molar-refractivity contribution is 5.89. The van der Waals surface area contributed by atoms with Crippen molar-refractivity contribution in [3.8, 4) is 17.0 Å². The Morgan fingerprint density at radius 1 is 1.17 bits per heavy atom. The third kappa shape index (κ3) is 3.11. The average Bonchev–Trinajstić information content (AvgIpc) is 3.10. The van der Waals surface area contributed by atoms with E-state index in [0.29, 0.717) is 28.6 Å². The molecule has 1 aromatic carbocycles. The van der Waals surface area contributed by atoms with Gasteiger partial charge in [0.05, 0.1) is 16.7 Å². The molecule has 0 spiro atoms. The topological polar surface area (TPSA) is 75.9 Å². The molecule has 0 unspecified atom stereocenters. The molecular weight excluding hydrogens is 369 g/mol. The fourth-order valence-electron chi connectivity index (χ4n) is 4.24. The summed E-state index contributed by atoms with van der Waals surface area (Å²) in [6.07, 6.45) is 3.87. The number of rotatable bonds is 2. The molecular formula is C22H22FN5O. The van der Waals surface area contributed by atoms with Gasteiger partial charge in [-0.2, -0.15) is 5.10 Å². The fourth-order valence-corrected chi connectivity index (χ4v) is 4.24. The summed E-state index contributed by atoms with van der Waals surface area (Å²) in [5, 5.41) is 18.5. The average molecular weight is 391 g/mol. The Balaban J connectivity index is 1.56. The molecule has 0 aliphatic carbocycles. The van der Waals surface area contributed by atoms with E-state index in [1.54, 1.807) is 25.4 Å². The van der Waals surface area contributed by atoms with E-state index >= 15 is 0 Å². The summed E-state index contributed by atoms with van der Waals surface area (Å²) in [7, 11) is 1.72. The summed E-state index contributed by atoms with van der Waals surface area (Å²) < 4.78 is 16.1. The number of aryl methyl sites for hydroxylation is 1. The standard InChI is InChI=1S/C22H22FN5O/c1-12-9-13(7-8-24-12)16-3-5-19-18(25-16)6-4-17(26-19)15-10-14-11-28(2)27-21(14)20(23)22(15)29/h3-6,10-13,24,29H,7-9H2,1-2H3/t12-,13+/m0/s1. The van der Waals surface area contributed by atoms with E-state index in [9.17, 15) is 9.50 Å². The number of benzene rings is 1. The van der Waals surface area contributed by atoms with Gasteiger partial charge in [-0.3, -0.25) is 9.67 Å². The van der Waals surface area contributed by atoms with E-state index in [-0.39, 0.29) is 5.52 Å². The summed E-state index contributed by atoms with van der Waals surface area (Å²) in [5.41, 5.74) is 3.62. The number of nitrogens with zero attached hydrogens (tertiary/aromatic N) is 4. The lowest BCUT2D eigenvalue weighted by molar-refractivity contribution is 0.377. The number of nitrogens with one attached hydrogen (secondary N) is 1. The number of pyridine rings is 2. The number of piperidine rings is 1. The van der Waals surface area contributed by atoms with E-state index in [4.69, 9.17) is 4.98 Å². The molecule has 0 bridgehead atoms. The minimum Gasteiger partial charge on any atom is -0.504 e. The molecule has 1 fully saturated rings. The van der Waals surface area contributed by atoms with Crippen LogP contribution in [0.25, 0.3) is 33.2 Å². The summed E-state index contributed by atoms with van der Waals surface area (Å²) in [5.74, 6) is -0.716. The van der Waals surface area contributed by atoms with Crippen LogP contribution in [-0.2, 0) is 7.05 Å². The predicted molar refractivity (Wildman–Crippen MR) is 110 cm³/mol. The summed E-state index contributed by atoms with van der Waals surface area (Å²) in [4.78, 5) is 9.45. The second-order valence-electron chi connectivity index (χ2n) is 7.87. The van der Waals surface area contributed by atoms with Crippen molar-refractivity contribution in [3.63, 3.8) is 0 Å². The molecule has 5 rings (SSSR count). The predicted octanol–water partition coefficient (Wildman–Crippen LogP) is 3.88. The van der Waals surface area contributed by atoms with Gasteiger partial charge in [-0.15, -0.1) is 0 Å². The van der Waals surface area contributed by atoms with Crippen LogP contribution in [0.1, 0.15) is 31.4 Å². The molecule has 1 saturated heterocycles. The Bertz CT molecular complexity index is 1240. The van der Waals surface area contributed by atoms with Crippen molar-refractivity contribution in [2.24, 2.45) is 7.05 Å².